The van der Waals surface area contributed by atoms with E-state index in [2.05, 4.69) is 32.9 Å². The fourth-order valence-corrected chi connectivity index (χ4v) is 7.11. The highest BCUT2D eigenvalue weighted by Crippen LogP contribution is 2.25. The van der Waals surface area contributed by atoms with E-state index in [0.29, 0.717) is 0 Å². The van der Waals surface area contributed by atoms with E-state index in [4.69, 9.17) is 0 Å². The highest BCUT2D eigenvalue weighted by Gasteiger charge is 2.26. The van der Waals surface area contributed by atoms with E-state index < -0.39 is 24.9 Å². The van der Waals surface area contributed by atoms with E-state index in [1.807, 2.05) is 13.0 Å². The molecule has 0 spiro atoms. The Kier molecular flexibility index (Phi) is 12.5. The van der Waals surface area contributed by atoms with Crippen LogP contribution in [0.4, 0.5) is 0 Å². The van der Waals surface area contributed by atoms with E-state index in [1.165, 1.54) is 11.1 Å². The molecule has 0 saturated heterocycles. The molecule has 4 nitrogen and oxygen atoms in total. The van der Waals surface area contributed by atoms with Crippen molar-refractivity contribution >= 4 is 19.7 Å². The van der Waals surface area contributed by atoms with Crippen LogP contribution in [0.3, 0.4) is 0 Å². The van der Waals surface area contributed by atoms with Crippen LogP contribution in [0.15, 0.2) is 117 Å². The zero-order valence-corrected chi connectivity index (χ0v) is 25.0. The summed E-state index contributed by atoms with van der Waals surface area (Å²) in [5, 5.41) is -0.775. The Hall–Kier alpha value is -2.70. The summed E-state index contributed by atoms with van der Waals surface area (Å²) in [6.45, 7) is 10.1. The van der Waals surface area contributed by atoms with Crippen LogP contribution in [0, 0.1) is 0 Å². The summed E-state index contributed by atoms with van der Waals surface area (Å²) < 4.78 is 52.6. The normalized spacial score (nSPS) is 14.3. The second-order valence-electron chi connectivity index (χ2n) is 10.2. The fourth-order valence-electron chi connectivity index (χ4n) is 4.06. The first-order valence-electron chi connectivity index (χ1n) is 13.1. The van der Waals surface area contributed by atoms with Crippen molar-refractivity contribution < 1.29 is 16.8 Å². The van der Waals surface area contributed by atoms with Crippen LogP contribution in [0.1, 0.15) is 66.7 Å². The Morgan fingerprint density at radius 1 is 0.658 bits per heavy atom. The van der Waals surface area contributed by atoms with Crippen LogP contribution in [-0.4, -0.2) is 27.8 Å². The van der Waals surface area contributed by atoms with Crippen molar-refractivity contribution in [1.82, 2.24) is 0 Å². The Morgan fingerprint density at radius 3 is 1.76 bits per heavy atom. The van der Waals surface area contributed by atoms with Crippen LogP contribution in [0.25, 0.3) is 0 Å². The molecule has 38 heavy (non-hydrogen) atoms. The van der Waals surface area contributed by atoms with Crippen LogP contribution < -0.4 is 0 Å². The van der Waals surface area contributed by atoms with Crippen LogP contribution in [0.5, 0.6) is 0 Å². The molecule has 0 bridgehead atoms. The summed E-state index contributed by atoms with van der Waals surface area (Å²) in [5.41, 5.74) is 4.40. The van der Waals surface area contributed by atoms with Crippen molar-refractivity contribution in [3.05, 3.63) is 107 Å². The minimum absolute atomic E-state index is 0.166. The van der Waals surface area contributed by atoms with Gasteiger partial charge in [0, 0.05) is 0 Å². The van der Waals surface area contributed by atoms with Crippen molar-refractivity contribution in [2.24, 2.45) is 0 Å². The Bertz CT molecular complexity index is 1360. The summed E-state index contributed by atoms with van der Waals surface area (Å²) in [6.07, 6.45) is 11.9. The monoisotopic (exact) mass is 554 g/mol. The molecule has 0 saturated carbocycles. The zero-order chi connectivity index (χ0) is 28.2. The highest BCUT2D eigenvalue weighted by atomic mass is 32.2. The molecule has 6 heteroatoms. The topological polar surface area (TPSA) is 68.3 Å². The maximum absolute atomic E-state index is 13.6. The predicted molar refractivity (Wildman–Crippen MR) is 160 cm³/mol. The van der Waals surface area contributed by atoms with E-state index in [0.717, 1.165) is 36.8 Å². The Balaban J connectivity index is 2.21. The zero-order valence-electron chi connectivity index (χ0n) is 23.4. The van der Waals surface area contributed by atoms with Crippen molar-refractivity contribution in [3.63, 3.8) is 0 Å². The molecule has 0 aliphatic carbocycles. The average molecular weight is 555 g/mol. The Labute approximate surface area is 230 Å². The van der Waals surface area contributed by atoms with Gasteiger partial charge >= 0.3 is 0 Å². The van der Waals surface area contributed by atoms with Gasteiger partial charge in [-0.05, 0) is 91.0 Å². The van der Waals surface area contributed by atoms with Crippen LogP contribution in [-0.2, 0) is 19.7 Å². The third kappa shape index (κ3) is 10.6. The summed E-state index contributed by atoms with van der Waals surface area (Å²) in [7, 11) is -7.13. The first-order chi connectivity index (χ1) is 17.9. The minimum Gasteiger partial charge on any atom is -0.223 e. The molecule has 1 unspecified atom stereocenters. The quantitative estimate of drug-likeness (QED) is 0.222. The summed E-state index contributed by atoms with van der Waals surface area (Å²) in [4.78, 5) is 0.534. The molecule has 206 valence electrons. The van der Waals surface area contributed by atoms with Gasteiger partial charge in [0.05, 0.1) is 20.8 Å². The van der Waals surface area contributed by atoms with E-state index in [9.17, 15) is 16.8 Å². The Morgan fingerprint density at radius 2 is 1.18 bits per heavy atom. The maximum Gasteiger partial charge on any atom is 0.185 e. The van der Waals surface area contributed by atoms with Crippen molar-refractivity contribution in [3.8, 4) is 0 Å². The lowest BCUT2D eigenvalue weighted by Crippen LogP contribution is -2.20. The van der Waals surface area contributed by atoms with Crippen molar-refractivity contribution in [1.29, 1.82) is 0 Å². The molecular formula is C32H42O4S2. The standard InChI is InChI=1S/C32H42O4S2/c1-26(2)14-12-15-27(3)16-13-17-28(4)24-32(38(35,36)31-20-10-7-11-21-31)25-29(5)22-23-37(33,34)30-18-8-6-9-19-30/h6-11,14,16,18-22,24,32H,12-13,15,17,23,25H2,1-5H3/b27-16+,28-24+,29-22+. The van der Waals surface area contributed by atoms with E-state index >= 15 is 0 Å². The van der Waals surface area contributed by atoms with Gasteiger partial charge in [-0.1, -0.05) is 83.0 Å². The molecule has 2 aromatic rings. The number of sulfone groups is 2. The predicted octanol–water partition coefficient (Wildman–Crippen LogP) is 8.06. The molecule has 0 amide bonds. The SMILES string of the molecule is CC(C)=CCC/C(C)=C/CC/C(C)=C/C(C/C(C)=C/CS(=O)(=O)c1ccccc1)S(=O)(=O)c1ccccc1. The molecule has 2 rings (SSSR count). The molecule has 0 aliphatic rings. The van der Waals surface area contributed by atoms with Gasteiger partial charge in [-0.25, -0.2) is 16.8 Å². The second-order valence-corrected chi connectivity index (χ2v) is 14.4. The number of rotatable bonds is 14. The number of hydrogen-bond acceptors (Lipinski definition) is 4. The molecule has 0 heterocycles. The van der Waals surface area contributed by atoms with Crippen LogP contribution in [0.2, 0.25) is 0 Å². The lowest BCUT2D eigenvalue weighted by Gasteiger charge is -2.16. The summed E-state index contributed by atoms with van der Waals surface area (Å²) in [6, 6.07) is 16.8. The third-order valence-corrected chi connectivity index (χ3v) is 9.97. The largest absolute Gasteiger partial charge is 0.223 e. The number of hydrogen-bond donors (Lipinski definition) is 0. The highest BCUT2D eigenvalue weighted by molar-refractivity contribution is 7.92. The minimum atomic E-state index is -3.65. The summed E-state index contributed by atoms with van der Waals surface area (Å²) >= 11 is 0. The van der Waals surface area contributed by atoms with Gasteiger partial charge < -0.3 is 0 Å². The average Bonchev–Trinajstić information content (AvgIpc) is 2.88. The van der Waals surface area contributed by atoms with Gasteiger partial charge in [-0.2, -0.15) is 0 Å². The van der Waals surface area contributed by atoms with Gasteiger partial charge in [0.1, 0.15) is 0 Å². The molecule has 0 aromatic heterocycles. The number of benzene rings is 2. The molecule has 2 aromatic carbocycles. The van der Waals surface area contributed by atoms with Gasteiger partial charge in [-0.3, -0.25) is 0 Å². The summed E-state index contributed by atoms with van der Waals surface area (Å²) in [5.74, 6) is -0.166. The lowest BCUT2D eigenvalue weighted by molar-refractivity contribution is 0.587. The third-order valence-electron chi connectivity index (χ3n) is 6.34. The number of allylic oxidation sites excluding steroid dienone is 6. The first kappa shape index (κ1) is 31.5. The van der Waals surface area contributed by atoms with Gasteiger partial charge in [0.25, 0.3) is 0 Å². The maximum atomic E-state index is 13.6. The van der Waals surface area contributed by atoms with E-state index in [-0.39, 0.29) is 22.0 Å². The molecular weight excluding hydrogens is 512 g/mol. The fraction of sp³-hybridized carbons (Fsp3) is 0.375. The molecule has 0 radical (unpaired) electrons. The molecule has 0 N–H and O–H groups in total. The molecule has 0 fully saturated rings. The van der Waals surface area contributed by atoms with Gasteiger partial charge in [0.2, 0.25) is 0 Å². The molecule has 0 aliphatic heterocycles. The van der Waals surface area contributed by atoms with Crippen molar-refractivity contribution in [2.45, 2.75) is 81.8 Å². The van der Waals surface area contributed by atoms with E-state index in [1.54, 1.807) is 73.7 Å². The van der Waals surface area contributed by atoms with Crippen molar-refractivity contribution in [2.75, 3.05) is 5.75 Å². The first-order valence-corrected chi connectivity index (χ1v) is 16.3. The van der Waals surface area contributed by atoms with Gasteiger partial charge in [-0.15, -0.1) is 0 Å². The smallest absolute Gasteiger partial charge is 0.185 e. The molecule has 1 atom stereocenters. The van der Waals surface area contributed by atoms with Crippen LogP contribution >= 0.6 is 0 Å². The second kappa shape index (κ2) is 15.0. The lowest BCUT2D eigenvalue weighted by atomic mass is 10.0. The van der Waals surface area contributed by atoms with Gasteiger partial charge in [0.15, 0.2) is 19.7 Å².